The number of hydrogen-bond donors (Lipinski definition) is 0. The van der Waals surface area contributed by atoms with Gasteiger partial charge in [-0.15, -0.1) is 0 Å². The van der Waals surface area contributed by atoms with Crippen LogP contribution in [0.3, 0.4) is 0 Å². The first kappa shape index (κ1) is 15.9. The van der Waals surface area contributed by atoms with Gasteiger partial charge in [0.1, 0.15) is 11.5 Å². The van der Waals surface area contributed by atoms with E-state index >= 15 is 0 Å². The molecule has 1 aromatic heterocycles. The second-order valence-corrected chi connectivity index (χ2v) is 4.18. The molecule has 0 amide bonds. The quantitative estimate of drug-likeness (QED) is 0.624. The largest absolute Gasteiger partial charge is 0.465 e. The van der Waals surface area contributed by atoms with Gasteiger partial charge in [0.05, 0.1) is 18.2 Å². The third-order valence-corrected chi connectivity index (χ3v) is 2.85. The molecule has 0 unspecified atom stereocenters. The molecule has 1 aromatic carbocycles. The number of nitrogens with zero attached hydrogens (tertiary/aromatic N) is 1. The molecule has 116 valence electrons. The Morgan fingerprint density at radius 2 is 1.82 bits per heavy atom. The number of pyridine rings is 1. The number of esters is 1. The molecular formula is C14H8F5NO2. The Bertz CT molecular complexity index is 728. The van der Waals surface area contributed by atoms with Crippen molar-refractivity contribution in [1.82, 2.24) is 4.98 Å². The van der Waals surface area contributed by atoms with Crippen LogP contribution in [-0.2, 0) is 10.9 Å². The first-order valence-electron chi connectivity index (χ1n) is 5.86. The van der Waals surface area contributed by atoms with Crippen LogP contribution in [0.1, 0.15) is 15.9 Å². The van der Waals surface area contributed by atoms with Crippen LogP contribution < -0.4 is 0 Å². The molecule has 22 heavy (non-hydrogen) atoms. The van der Waals surface area contributed by atoms with E-state index in [9.17, 15) is 26.7 Å². The molecule has 0 atom stereocenters. The Hall–Kier alpha value is -2.51. The number of hydrogen-bond acceptors (Lipinski definition) is 3. The van der Waals surface area contributed by atoms with Crippen molar-refractivity contribution in [3.63, 3.8) is 0 Å². The lowest BCUT2D eigenvalue weighted by Gasteiger charge is -2.12. The maximum absolute atomic E-state index is 14.2. The molecule has 2 aromatic rings. The summed E-state index contributed by atoms with van der Waals surface area (Å²) in [6.45, 7) is 0. The lowest BCUT2D eigenvalue weighted by atomic mass is 10.0. The van der Waals surface area contributed by atoms with E-state index in [1.165, 1.54) is 0 Å². The van der Waals surface area contributed by atoms with Gasteiger partial charge in [0.2, 0.25) is 0 Å². The van der Waals surface area contributed by atoms with E-state index in [0.29, 0.717) is 6.07 Å². The Kier molecular flexibility index (Phi) is 4.11. The second-order valence-electron chi connectivity index (χ2n) is 4.18. The average Bonchev–Trinajstić information content (AvgIpc) is 2.46. The summed E-state index contributed by atoms with van der Waals surface area (Å²) in [5.74, 6) is -3.97. The van der Waals surface area contributed by atoms with Gasteiger partial charge in [0, 0.05) is 11.8 Å². The smallest absolute Gasteiger partial charge is 0.419 e. The highest BCUT2D eigenvalue weighted by Crippen LogP contribution is 2.35. The van der Waals surface area contributed by atoms with Crippen LogP contribution in [0.25, 0.3) is 11.3 Å². The van der Waals surface area contributed by atoms with Crippen molar-refractivity contribution < 1.29 is 31.5 Å². The van der Waals surface area contributed by atoms with Gasteiger partial charge in [-0.05, 0) is 18.2 Å². The third kappa shape index (κ3) is 2.76. The zero-order chi connectivity index (χ0) is 16.5. The Labute approximate surface area is 121 Å². The highest BCUT2D eigenvalue weighted by atomic mass is 19.4. The molecular weight excluding hydrogens is 309 g/mol. The Morgan fingerprint density at radius 3 is 2.41 bits per heavy atom. The van der Waals surface area contributed by atoms with Crippen LogP contribution in [-0.4, -0.2) is 18.1 Å². The topological polar surface area (TPSA) is 39.2 Å². The maximum Gasteiger partial charge on any atom is 0.419 e. The number of benzene rings is 1. The fourth-order valence-corrected chi connectivity index (χ4v) is 1.83. The molecule has 0 radical (unpaired) electrons. The van der Waals surface area contributed by atoms with Crippen LogP contribution in [0.2, 0.25) is 0 Å². The van der Waals surface area contributed by atoms with Crippen LogP contribution in [0, 0.1) is 11.6 Å². The van der Waals surface area contributed by atoms with Crippen molar-refractivity contribution in [3.05, 3.63) is 53.2 Å². The summed E-state index contributed by atoms with van der Waals surface area (Å²) < 4.78 is 70.6. The molecule has 0 bridgehead atoms. The molecule has 3 nitrogen and oxygen atoms in total. The summed E-state index contributed by atoms with van der Waals surface area (Å²) in [6.07, 6.45) is -3.96. The number of carbonyl (C=O) groups excluding carboxylic acids is 1. The van der Waals surface area contributed by atoms with Gasteiger partial charge in [-0.1, -0.05) is 6.07 Å². The third-order valence-electron chi connectivity index (χ3n) is 2.85. The summed E-state index contributed by atoms with van der Waals surface area (Å²) >= 11 is 0. The van der Waals surface area contributed by atoms with Crippen molar-refractivity contribution in [1.29, 1.82) is 0 Å². The van der Waals surface area contributed by atoms with Gasteiger partial charge >= 0.3 is 12.1 Å². The van der Waals surface area contributed by atoms with Crippen LogP contribution in [0.15, 0.2) is 30.5 Å². The SMILES string of the molecule is COC(=O)c1ccnc(-c2cccc(C(F)(F)F)c2F)c1F. The van der Waals surface area contributed by atoms with Crippen LogP contribution >= 0.6 is 0 Å². The van der Waals surface area contributed by atoms with E-state index < -0.39 is 46.2 Å². The molecule has 0 saturated carbocycles. The maximum atomic E-state index is 14.2. The van der Waals surface area contributed by atoms with Crippen molar-refractivity contribution in [2.45, 2.75) is 6.18 Å². The van der Waals surface area contributed by atoms with E-state index in [1.54, 1.807) is 0 Å². The number of aromatic nitrogens is 1. The lowest BCUT2D eigenvalue weighted by molar-refractivity contribution is -0.139. The lowest BCUT2D eigenvalue weighted by Crippen LogP contribution is -2.10. The summed E-state index contributed by atoms with van der Waals surface area (Å²) in [6, 6.07) is 3.38. The zero-order valence-corrected chi connectivity index (χ0v) is 11.0. The highest BCUT2D eigenvalue weighted by Gasteiger charge is 2.35. The molecule has 0 N–H and O–H groups in total. The molecule has 8 heteroatoms. The molecule has 0 aliphatic rings. The van der Waals surface area contributed by atoms with Crippen LogP contribution in [0.5, 0.6) is 0 Å². The minimum Gasteiger partial charge on any atom is -0.465 e. The van der Waals surface area contributed by atoms with Crippen LogP contribution in [0.4, 0.5) is 22.0 Å². The minimum atomic E-state index is -4.93. The Morgan fingerprint density at radius 1 is 1.14 bits per heavy atom. The van der Waals surface area contributed by atoms with Gasteiger partial charge in [0.25, 0.3) is 0 Å². The summed E-state index contributed by atoms with van der Waals surface area (Å²) in [4.78, 5) is 14.9. The molecule has 0 aliphatic heterocycles. The Balaban J connectivity index is 2.66. The zero-order valence-electron chi connectivity index (χ0n) is 11.0. The number of halogens is 5. The molecule has 0 spiro atoms. The predicted octanol–water partition coefficient (Wildman–Crippen LogP) is 3.83. The van der Waals surface area contributed by atoms with Crippen molar-refractivity contribution in [3.8, 4) is 11.3 Å². The van der Waals surface area contributed by atoms with Gasteiger partial charge in [-0.3, -0.25) is 4.98 Å². The number of rotatable bonds is 2. The van der Waals surface area contributed by atoms with Crippen molar-refractivity contribution in [2.75, 3.05) is 7.11 Å². The standard InChI is InChI=1S/C14H8F5NO2/c1-22-13(21)8-5-6-20-12(11(8)16)7-3-2-4-9(10(7)15)14(17,18)19/h2-6H,1H3. The van der Waals surface area contributed by atoms with Gasteiger partial charge < -0.3 is 4.74 Å². The minimum absolute atomic E-state index is 0.529. The van der Waals surface area contributed by atoms with E-state index in [-0.39, 0.29) is 0 Å². The van der Waals surface area contributed by atoms with Gasteiger partial charge in [0.15, 0.2) is 5.82 Å². The monoisotopic (exact) mass is 317 g/mol. The van der Waals surface area contributed by atoms with Gasteiger partial charge in [-0.2, -0.15) is 13.2 Å². The molecule has 1 heterocycles. The van der Waals surface area contributed by atoms with Crippen molar-refractivity contribution in [2.24, 2.45) is 0 Å². The first-order valence-corrected chi connectivity index (χ1v) is 5.86. The van der Waals surface area contributed by atoms with E-state index in [2.05, 4.69) is 9.72 Å². The predicted molar refractivity (Wildman–Crippen MR) is 65.9 cm³/mol. The van der Waals surface area contributed by atoms with Crippen molar-refractivity contribution >= 4 is 5.97 Å². The summed E-state index contributed by atoms with van der Waals surface area (Å²) in [7, 11) is 1.01. The number of ether oxygens (including phenoxy) is 1. The highest BCUT2D eigenvalue weighted by molar-refractivity contribution is 5.90. The van der Waals surface area contributed by atoms with Gasteiger partial charge in [-0.25, -0.2) is 13.6 Å². The number of carbonyl (C=O) groups is 1. The average molecular weight is 317 g/mol. The van der Waals surface area contributed by atoms with E-state index in [0.717, 1.165) is 31.5 Å². The fraction of sp³-hybridized carbons (Fsp3) is 0.143. The first-order chi connectivity index (χ1) is 10.3. The summed E-state index contributed by atoms with van der Waals surface area (Å²) in [5, 5.41) is 0. The number of methoxy groups -OCH3 is 1. The van der Waals surface area contributed by atoms with E-state index in [1.807, 2.05) is 0 Å². The normalized spacial score (nSPS) is 11.4. The second kappa shape index (κ2) is 5.70. The summed E-state index contributed by atoms with van der Waals surface area (Å²) in [5.41, 5.74) is -3.50. The molecule has 0 fully saturated rings. The fourth-order valence-electron chi connectivity index (χ4n) is 1.83. The number of alkyl halides is 3. The molecule has 2 rings (SSSR count). The van der Waals surface area contributed by atoms with E-state index in [4.69, 9.17) is 0 Å². The molecule has 0 aliphatic carbocycles. The molecule has 0 saturated heterocycles.